The topological polar surface area (TPSA) is 39.1 Å². The second-order valence-electron chi connectivity index (χ2n) is 6.25. The van der Waals surface area contributed by atoms with Crippen molar-refractivity contribution in [1.29, 1.82) is 0 Å². The van der Waals surface area contributed by atoms with Crippen molar-refractivity contribution in [2.45, 2.75) is 51.3 Å². The van der Waals surface area contributed by atoms with E-state index in [0.29, 0.717) is 12.8 Å². The summed E-state index contributed by atoms with van der Waals surface area (Å²) in [5.41, 5.74) is 0. The molecule has 2 heterocycles. The number of hydrogen-bond acceptors (Lipinski definition) is 3. The summed E-state index contributed by atoms with van der Waals surface area (Å²) >= 11 is 0. The van der Waals surface area contributed by atoms with Gasteiger partial charge in [-0.3, -0.25) is 0 Å². The summed E-state index contributed by atoms with van der Waals surface area (Å²) in [5.74, 6) is 1.13. The van der Waals surface area contributed by atoms with Crippen LogP contribution in [0.1, 0.15) is 24.7 Å². The average molecular weight is 267 g/mol. The van der Waals surface area contributed by atoms with Gasteiger partial charge >= 0.3 is 0 Å². The van der Waals surface area contributed by atoms with Crippen molar-refractivity contribution in [3.05, 3.63) is 18.2 Å². The normalized spacial score (nSPS) is 20.5. The van der Waals surface area contributed by atoms with E-state index in [1.54, 1.807) is 0 Å². The summed E-state index contributed by atoms with van der Waals surface area (Å²) in [4.78, 5) is 4.45. The predicted octanol–water partition coefficient (Wildman–Crippen LogP) is 2.62. The minimum atomic E-state index is -0.981. The van der Waals surface area contributed by atoms with Gasteiger partial charge in [-0.1, -0.05) is 19.6 Å². The second kappa shape index (κ2) is 5.99. The van der Waals surface area contributed by atoms with Crippen LogP contribution in [0.3, 0.4) is 0 Å². The molecule has 5 heteroatoms. The molecular formula is C13H25N3OSi. The molecule has 0 spiro atoms. The van der Waals surface area contributed by atoms with Gasteiger partial charge in [-0.05, 0) is 25.4 Å². The molecule has 18 heavy (non-hydrogen) atoms. The largest absolute Gasteiger partial charge is 0.361 e. The van der Waals surface area contributed by atoms with E-state index in [-0.39, 0.29) is 0 Å². The van der Waals surface area contributed by atoms with E-state index in [1.165, 1.54) is 18.9 Å². The Hall–Kier alpha value is -0.653. The van der Waals surface area contributed by atoms with Crippen molar-refractivity contribution in [2.75, 3.05) is 13.2 Å². The molecule has 102 valence electrons. The van der Waals surface area contributed by atoms with Gasteiger partial charge in [0.25, 0.3) is 0 Å². The van der Waals surface area contributed by atoms with Crippen LogP contribution in [-0.4, -0.2) is 30.8 Å². The van der Waals surface area contributed by atoms with Crippen LogP contribution in [0.4, 0.5) is 0 Å². The first-order valence-corrected chi connectivity index (χ1v) is 10.6. The molecule has 1 atom stereocenters. The third kappa shape index (κ3) is 3.93. The van der Waals surface area contributed by atoms with Gasteiger partial charge in [0, 0.05) is 27.1 Å². The molecule has 4 nitrogen and oxygen atoms in total. The number of rotatable bonds is 6. The van der Waals surface area contributed by atoms with Crippen LogP contribution in [0.15, 0.2) is 12.4 Å². The fraction of sp³-hybridized carbons (Fsp3) is 0.769. The van der Waals surface area contributed by atoms with Crippen LogP contribution in [0, 0.1) is 0 Å². The van der Waals surface area contributed by atoms with Crippen LogP contribution < -0.4 is 5.32 Å². The third-order valence-corrected chi connectivity index (χ3v) is 5.05. The number of hydrogen-bond donors (Lipinski definition) is 1. The van der Waals surface area contributed by atoms with Crippen LogP contribution in [0.2, 0.25) is 25.7 Å². The Morgan fingerprint density at radius 2 is 2.33 bits per heavy atom. The molecule has 0 radical (unpaired) electrons. The highest BCUT2D eigenvalue weighted by molar-refractivity contribution is 6.76. The van der Waals surface area contributed by atoms with Crippen LogP contribution >= 0.6 is 0 Å². The highest BCUT2D eigenvalue weighted by atomic mass is 28.3. The summed E-state index contributed by atoms with van der Waals surface area (Å²) in [5, 5.41) is 3.48. The molecule has 0 amide bonds. The smallest absolute Gasteiger partial charge is 0.127 e. The van der Waals surface area contributed by atoms with E-state index >= 15 is 0 Å². The van der Waals surface area contributed by atoms with Crippen molar-refractivity contribution in [3.63, 3.8) is 0 Å². The molecule has 2 rings (SSSR count). The van der Waals surface area contributed by atoms with Gasteiger partial charge < -0.3 is 14.6 Å². The first-order valence-electron chi connectivity index (χ1n) is 6.88. The van der Waals surface area contributed by atoms with Crippen molar-refractivity contribution in [2.24, 2.45) is 0 Å². The second-order valence-corrected chi connectivity index (χ2v) is 11.9. The number of nitrogens with zero attached hydrogens (tertiary/aromatic N) is 2. The Kier molecular flexibility index (Phi) is 4.58. The van der Waals surface area contributed by atoms with Crippen LogP contribution in [0.25, 0.3) is 0 Å². The number of nitrogens with one attached hydrogen (secondary N) is 1. The Morgan fingerprint density at radius 3 is 3.00 bits per heavy atom. The zero-order chi connectivity index (χ0) is 13.0. The van der Waals surface area contributed by atoms with Gasteiger partial charge in [0.15, 0.2) is 0 Å². The molecule has 1 fully saturated rings. The van der Waals surface area contributed by atoms with Gasteiger partial charge in [0.05, 0.1) is 6.04 Å². The van der Waals surface area contributed by atoms with Crippen LogP contribution in [-0.2, 0) is 11.5 Å². The average Bonchev–Trinajstić information content (AvgIpc) is 2.93. The van der Waals surface area contributed by atoms with Gasteiger partial charge in [0.2, 0.25) is 0 Å². The maximum atomic E-state index is 5.78. The fourth-order valence-corrected chi connectivity index (χ4v) is 2.94. The predicted molar refractivity (Wildman–Crippen MR) is 76.3 cm³/mol. The third-order valence-electron chi connectivity index (χ3n) is 3.35. The van der Waals surface area contributed by atoms with E-state index < -0.39 is 8.07 Å². The van der Waals surface area contributed by atoms with Crippen molar-refractivity contribution < 1.29 is 4.74 Å². The molecule has 1 N–H and O–H groups in total. The Labute approximate surface area is 111 Å². The first-order chi connectivity index (χ1) is 8.56. The van der Waals surface area contributed by atoms with Crippen LogP contribution in [0.5, 0.6) is 0 Å². The minimum Gasteiger partial charge on any atom is -0.361 e. The lowest BCUT2D eigenvalue weighted by atomic mass is 10.2. The van der Waals surface area contributed by atoms with Crippen molar-refractivity contribution >= 4 is 8.07 Å². The SMILES string of the molecule is C[Si](C)(C)CCOCn1ccnc1[C@@H]1CCCN1. The monoisotopic (exact) mass is 267 g/mol. The molecule has 0 saturated carbocycles. The lowest BCUT2D eigenvalue weighted by molar-refractivity contribution is 0.0840. The molecule has 1 aromatic heterocycles. The standard InChI is InChI=1S/C13H25N3OSi/c1-18(2,3)10-9-17-11-16-8-7-15-13(16)12-5-4-6-14-12/h7-8,12,14H,4-6,9-11H2,1-3H3/t12-/m0/s1. The maximum Gasteiger partial charge on any atom is 0.127 e. The molecule has 1 aliphatic heterocycles. The summed E-state index contributed by atoms with van der Waals surface area (Å²) in [6.45, 7) is 9.74. The number of ether oxygens (including phenoxy) is 1. The Morgan fingerprint density at radius 1 is 1.50 bits per heavy atom. The first kappa shape index (κ1) is 13.8. The molecule has 1 aliphatic rings. The molecule has 0 bridgehead atoms. The highest BCUT2D eigenvalue weighted by Crippen LogP contribution is 2.21. The van der Waals surface area contributed by atoms with E-state index in [9.17, 15) is 0 Å². The highest BCUT2D eigenvalue weighted by Gasteiger charge is 2.20. The molecule has 1 aromatic rings. The quantitative estimate of drug-likeness (QED) is 0.636. The molecule has 0 aromatic carbocycles. The Balaban J connectivity index is 1.81. The lowest BCUT2D eigenvalue weighted by Gasteiger charge is -2.17. The van der Waals surface area contributed by atoms with E-state index in [4.69, 9.17) is 4.74 Å². The van der Waals surface area contributed by atoms with E-state index in [2.05, 4.69) is 34.5 Å². The summed E-state index contributed by atoms with van der Waals surface area (Å²) in [6, 6.07) is 1.64. The number of imidazole rings is 1. The zero-order valence-electron chi connectivity index (χ0n) is 11.8. The van der Waals surface area contributed by atoms with E-state index in [1.807, 2.05) is 12.4 Å². The summed E-state index contributed by atoms with van der Waals surface area (Å²) in [7, 11) is -0.981. The minimum absolute atomic E-state index is 0.417. The summed E-state index contributed by atoms with van der Waals surface area (Å²) in [6.07, 6.45) is 6.32. The molecular weight excluding hydrogens is 242 g/mol. The molecule has 0 unspecified atom stereocenters. The van der Waals surface area contributed by atoms with Crippen molar-refractivity contribution in [1.82, 2.24) is 14.9 Å². The zero-order valence-corrected chi connectivity index (χ0v) is 12.8. The van der Waals surface area contributed by atoms with Gasteiger partial charge in [-0.15, -0.1) is 0 Å². The molecule has 1 saturated heterocycles. The maximum absolute atomic E-state index is 5.78. The molecule has 0 aliphatic carbocycles. The summed E-state index contributed by atoms with van der Waals surface area (Å²) < 4.78 is 7.92. The Bertz CT molecular complexity index is 367. The van der Waals surface area contributed by atoms with Gasteiger partial charge in [0.1, 0.15) is 12.6 Å². The fourth-order valence-electron chi connectivity index (χ4n) is 2.19. The lowest BCUT2D eigenvalue weighted by Crippen LogP contribution is -2.23. The van der Waals surface area contributed by atoms with E-state index in [0.717, 1.165) is 19.0 Å². The van der Waals surface area contributed by atoms with Gasteiger partial charge in [-0.2, -0.15) is 0 Å². The van der Waals surface area contributed by atoms with Gasteiger partial charge in [-0.25, -0.2) is 4.98 Å². The van der Waals surface area contributed by atoms with Crippen molar-refractivity contribution in [3.8, 4) is 0 Å². The number of aromatic nitrogens is 2.